The first-order valence-corrected chi connectivity index (χ1v) is 4.74. The second-order valence-corrected chi connectivity index (χ2v) is 3.58. The van der Waals surface area contributed by atoms with Crippen LogP contribution in [0.4, 0.5) is 10.1 Å². The van der Waals surface area contributed by atoms with Gasteiger partial charge in [0.05, 0.1) is 5.69 Å². The van der Waals surface area contributed by atoms with E-state index in [2.05, 4.69) is 4.99 Å². The highest BCUT2D eigenvalue weighted by Gasteiger charge is 2.20. The molecule has 2 rings (SSSR count). The van der Waals surface area contributed by atoms with Gasteiger partial charge in [0.2, 0.25) is 5.91 Å². The van der Waals surface area contributed by atoms with Gasteiger partial charge in [-0.05, 0) is 18.2 Å². The first-order valence-electron chi connectivity index (χ1n) is 4.36. The summed E-state index contributed by atoms with van der Waals surface area (Å²) in [6, 6.07) is 4.08. The summed E-state index contributed by atoms with van der Waals surface area (Å²) >= 11 is 5.86. The number of carbonyl (C=O) groups excluding carboxylic acids is 1. The van der Waals surface area contributed by atoms with Crippen LogP contribution >= 0.6 is 11.6 Å². The van der Waals surface area contributed by atoms with Crippen LogP contribution in [0.15, 0.2) is 23.2 Å². The zero-order valence-electron chi connectivity index (χ0n) is 8.00. The number of hydrogen-bond acceptors (Lipinski definition) is 2. The highest BCUT2D eigenvalue weighted by atomic mass is 35.5. The highest BCUT2D eigenvalue weighted by molar-refractivity contribution is 6.70. The fourth-order valence-electron chi connectivity index (χ4n) is 1.43. The van der Waals surface area contributed by atoms with Gasteiger partial charge in [0.15, 0.2) is 0 Å². The van der Waals surface area contributed by atoms with Crippen LogP contribution in [0.25, 0.3) is 0 Å². The number of fused-ring (bicyclic) bond motifs is 1. The second-order valence-electron chi connectivity index (χ2n) is 3.22. The zero-order chi connectivity index (χ0) is 11.0. The predicted molar refractivity (Wildman–Crippen MR) is 57.1 cm³/mol. The lowest BCUT2D eigenvalue weighted by Crippen LogP contribution is -2.27. The minimum absolute atomic E-state index is 0.00830. The molecular formula is C10H8ClFN2O. The molecule has 5 heteroatoms. The van der Waals surface area contributed by atoms with Gasteiger partial charge < -0.3 is 4.90 Å². The number of benzene rings is 1. The monoisotopic (exact) mass is 226 g/mol. The van der Waals surface area contributed by atoms with Gasteiger partial charge in [0.1, 0.15) is 17.5 Å². The van der Waals surface area contributed by atoms with E-state index in [0.29, 0.717) is 11.3 Å². The van der Waals surface area contributed by atoms with Crippen LogP contribution in [0.2, 0.25) is 0 Å². The fraction of sp³-hybridized carbons (Fsp3) is 0.200. The van der Waals surface area contributed by atoms with E-state index in [9.17, 15) is 9.18 Å². The van der Waals surface area contributed by atoms with Crippen molar-refractivity contribution < 1.29 is 9.18 Å². The van der Waals surface area contributed by atoms with Crippen LogP contribution in [0.3, 0.4) is 0 Å². The Hall–Kier alpha value is -1.42. The number of likely N-dealkylation sites (N-methyl/N-ethyl adjacent to an activating group) is 1. The maximum atomic E-state index is 13.0. The minimum atomic E-state index is -0.398. The van der Waals surface area contributed by atoms with E-state index in [1.54, 1.807) is 7.05 Å². The third-order valence-corrected chi connectivity index (χ3v) is 2.59. The van der Waals surface area contributed by atoms with Crippen molar-refractivity contribution >= 4 is 28.4 Å². The summed E-state index contributed by atoms with van der Waals surface area (Å²) in [5.41, 5.74) is 1.03. The summed E-state index contributed by atoms with van der Waals surface area (Å²) < 4.78 is 13.0. The average molecular weight is 227 g/mol. The van der Waals surface area contributed by atoms with Crippen LogP contribution in [0.1, 0.15) is 5.56 Å². The molecule has 0 unspecified atom stereocenters. The second kappa shape index (κ2) is 3.62. The molecule has 0 saturated heterocycles. The Kier molecular flexibility index (Phi) is 2.44. The van der Waals surface area contributed by atoms with Crippen LogP contribution in [0, 0.1) is 5.82 Å². The summed E-state index contributed by atoms with van der Waals surface area (Å²) in [6.07, 6.45) is 0. The number of amides is 1. The summed E-state index contributed by atoms with van der Waals surface area (Å²) in [5.74, 6) is -0.566. The molecule has 0 aromatic heterocycles. The molecule has 15 heavy (non-hydrogen) atoms. The molecule has 0 N–H and O–H groups in total. The Bertz CT molecular complexity index is 459. The number of hydrogen-bond donors (Lipinski definition) is 0. The molecular weight excluding hydrogens is 219 g/mol. The van der Waals surface area contributed by atoms with E-state index < -0.39 is 5.82 Å². The smallest absolute Gasteiger partial charge is 0.248 e. The van der Waals surface area contributed by atoms with Gasteiger partial charge >= 0.3 is 0 Å². The van der Waals surface area contributed by atoms with E-state index in [0.717, 1.165) is 0 Å². The van der Waals surface area contributed by atoms with E-state index in [1.807, 2.05) is 0 Å². The van der Waals surface area contributed by atoms with Crippen LogP contribution in [-0.2, 0) is 4.79 Å². The maximum absolute atomic E-state index is 13.0. The Morgan fingerprint density at radius 2 is 2.27 bits per heavy atom. The van der Waals surface area contributed by atoms with Crippen molar-refractivity contribution in [1.29, 1.82) is 0 Å². The molecule has 78 valence electrons. The SMILES string of the molecule is CN1C(=O)CN=C(Cl)c2cc(F)ccc21. The standard InChI is InChI=1S/C10H8ClFN2O/c1-14-8-3-2-6(12)4-7(8)10(11)13-5-9(14)15/h2-4H,5H2,1H3. The van der Waals surface area contributed by atoms with E-state index in [-0.39, 0.29) is 17.6 Å². The molecule has 1 amide bonds. The molecule has 0 aliphatic carbocycles. The Morgan fingerprint density at radius 3 is 3.00 bits per heavy atom. The molecule has 1 heterocycles. The van der Waals surface area contributed by atoms with Gasteiger partial charge in [-0.2, -0.15) is 0 Å². The number of nitrogens with zero attached hydrogens (tertiary/aromatic N) is 2. The fourth-order valence-corrected chi connectivity index (χ4v) is 1.64. The van der Waals surface area contributed by atoms with Crippen molar-refractivity contribution in [2.24, 2.45) is 4.99 Å². The van der Waals surface area contributed by atoms with Crippen molar-refractivity contribution in [3.63, 3.8) is 0 Å². The van der Waals surface area contributed by atoms with Crippen molar-refractivity contribution in [3.8, 4) is 0 Å². The van der Waals surface area contributed by atoms with E-state index in [4.69, 9.17) is 11.6 Å². The Labute approximate surface area is 91.2 Å². The van der Waals surface area contributed by atoms with Crippen molar-refractivity contribution in [1.82, 2.24) is 0 Å². The van der Waals surface area contributed by atoms with Gasteiger partial charge in [0, 0.05) is 12.6 Å². The number of anilines is 1. The molecule has 3 nitrogen and oxygen atoms in total. The predicted octanol–water partition coefficient (Wildman–Crippen LogP) is 1.79. The van der Waals surface area contributed by atoms with Crippen molar-refractivity contribution in [2.75, 3.05) is 18.5 Å². The first-order chi connectivity index (χ1) is 7.09. The number of carbonyl (C=O) groups is 1. The van der Waals surface area contributed by atoms with Crippen LogP contribution in [0.5, 0.6) is 0 Å². The third-order valence-electron chi connectivity index (χ3n) is 2.27. The van der Waals surface area contributed by atoms with Gasteiger partial charge in [-0.1, -0.05) is 11.6 Å². The van der Waals surface area contributed by atoms with Gasteiger partial charge in [0.25, 0.3) is 0 Å². The summed E-state index contributed by atoms with van der Waals surface area (Å²) in [5, 5.41) is 0.169. The molecule has 0 spiro atoms. The van der Waals surface area contributed by atoms with E-state index in [1.165, 1.54) is 23.1 Å². The first kappa shape index (κ1) is 10.1. The average Bonchev–Trinajstić information content (AvgIpc) is 2.32. The molecule has 1 aliphatic heterocycles. The number of benzodiazepines with no additional fused rings is 1. The van der Waals surface area contributed by atoms with Crippen molar-refractivity contribution in [2.45, 2.75) is 0 Å². The summed E-state index contributed by atoms with van der Waals surface area (Å²) in [7, 11) is 1.62. The zero-order valence-corrected chi connectivity index (χ0v) is 8.75. The van der Waals surface area contributed by atoms with Gasteiger partial charge in [-0.25, -0.2) is 4.39 Å². The number of aliphatic imine (C=N–C) groups is 1. The van der Waals surface area contributed by atoms with Gasteiger partial charge in [-0.3, -0.25) is 9.79 Å². The lowest BCUT2D eigenvalue weighted by atomic mass is 10.1. The molecule has 1 aromatic carbocycles. The molecule has 0 fully saturated rings. The number of halogens is 2. The molecule has 0 bridgehead atoms. The molecule has 1 aromatic rings. The lowest BCUT2D eigenvalue weighted by molar-refractivity contribution is -0.116. The van der Waals surface area contributed by atoms with Crippen LogP contribution in [-0.4, -0.2) is 24.7 Å². The summed E-state index contributed by atoms with van der Waals surface area (Å²) in [6.45, 7) is -0.00830. The topological polar surface area (TPSA) is 32.7 Å². The largest absolute Gasteiger partial charge is 0.313 e. The van der Waals surface area contributed by atoms with E-state index >= 15 is 0 Å². The number of rotatable bonds is 0. The highest BCUT2D eigenvalue weighted by Crippen LogP contribution is 2.25. The molecule has 0 radical (unpaired) electrons. The lowest BCUT2D eigenvalue weighted by Gasteiger charge is -2.16. The third kappa shape index (κ3) is 1.72. The maximum Gasteiger partial charge on any atom is 0.248 e. The van der Waals surface area contributed by atoms with Gasteiger partial charge in [-0.15, -0.1) is 0 Å². The molecule has 0 saturated carbocycles. The molecule has 1 aliphatic rings. The molecule has 0 atom stereocenters. The normalized spacial score (nSPS) is 15.8. The summed E-state index contributed by atoms with van der Waals surface area (Å²) in [4.78, 5) is 16.8. The Morgan fingerprint density at radius 1 is 1.53 bits per heavy atom. The van der Waals surface area contributed by atoms with Crippen LogP contribution < -0.4 is 4.90 Å². The minimum Gasteiger partial charge on any atom is -0.313 e. The van der Waals surface area contributed by atoms with Crippen molar-refractivity contribution in [3.05, 3.63) is 29.6 Å². The Balaban J connectivity index is 2.63. The quantitative estimate of drug-likeness (QED) is 0.664.